The van der Waals surface area contributed by atoms with Crippen molar-refractivity contribution in [3.63, 3.8) is 0 Å². The van der Waals surface area contributed by atoms with Gasteiger partial charge in [0, 0.05) is 120 Å². The van der Waals surface area contributed by atoms with E-state index in [1.807, 2.05) is 48.5 Å². The summed E-state index contributed by atoms with van der Waals surface area (Å²) < 4.78 is 0. The minimum Gasteiger partial charge on any atom is -0.480 e. The monoisotopic (exact) mass is 1360 g/mol. The fraction of sp³-hybridized carbons (Fsp3) is 0.470. The smallest absolute Gasteiger partial charge is 0.317 e. The number of rotatable bonds is 39. The highest BCUT2D eigenvalue weighted by molar-refractivity contribution is 5.97. The number of nitrogens with zero attached hydrogens (tertiary/aromatic N) is 6. The summed E-state index contributed by atoms with van der Waals surface area (Å²) in [5.41, 5.74) is 20.6. The SMILES string of the molecule is NC(=O)[C@H](CCCCNC(=O)CN1CCN(CC(=O)O)CCN(CC(=O)O)CCN(CC(=O)O)CC1)NC(=O)CNC(=O)[C@H](Cc1c[nH]c2ccccc12)NC(=O)[C@H](CCCN=C(N)N)NC(=O)[C@@H](Cc1ccccc1)NC(=O)[C@H](Cc1cnc[nH]1)NC(=O)CCCc1ccccc1. The van der Waals surface area contributed by atoms with E-state index in [2.05, 4.69) is 57.2 Å². The van der Waals surface area contributed by atoms with Crippen LogP contribution >= 0.6 is 0 Å². The van der Waals surface area contributed by atoms with Crippen molar-refractivity contribution in [1.82, 2.24) is 71.8 Å². The fourth-order valence-corrected chi connectivity index (χ4v) is 11.1. The second-order valence-electron chi connectivity index (χ2n) is 24.0. The van der Waals surface area contributed by atoms with Crippen molar-refractivity contribution in [2.75, 3.05) is 98.2 Å². The molecule has 1 saturated heterocycles. The van der Waals surface area contributed by atoms with E-state index in [9.17, 15) is 68.1 Å². The first-order valence-corrected chi connectivity index (χ1v) is 32.6. The average molecular weight is 1360 g/mol. The van der Waals surface area contributed by atoms with Crippen molar-refractivity contribution in [1.29, 1.82) is 0 Å². The summed E-state index contributed by atoms with van der Waals surface area (Å²) in [4.78, 5) is 167. The summed E-state index contributed by atoms with van der Waals surface area (Å²) in [7, 11) is 0. The molecule has 3 heterocycles. The zero-order valence-corrected chi connectivity index (χ0v) is 54.8. The van der Waals surface area contributed by atoms with Gasteiger partial charge < -0.3 is 79.7 Å². The third kappa shape index (κ3) is 28.6. The van der Waals surface area contributed by atoms with E-state index in [-0.39, 0.29) is 148 Å². The van der Waals surface area contributed by atoms with Crippen LogP contribution < -0.4 is 54.4 Å². The highest BCUT2D eigenvalue weighted by Crippen LogP contribution is 2.20. The lowest BCUT2D eigenvalue weighted by molar-refractivity contribution is -0.140. The highest BCUT2D eigenvalue weighted by atomic mass is 16.4. The van der Waals surface area contributed by atoms with Gasteiger partial charge in [-0.15, -0.1) is 0 Å². The van der Waals surface area contributed by atoms with Gasteiger partial charge in [-0.25, -0.2) is 4.98 Å². The van der Waals surface area contributed by atoms with Crippen molar-refractivity contribution in [2.45, 2.75) is 101 Å². The number of unbranched alkanes of at least 4 members (excludes halogenated alkanes) is 1. The fourth-order valence-electron chi connectivity index (χ4n) is 11.1. The number of nitrogens with two attached hydrogens (primary N) is 3. The predicted molar refractivity (Wildman–Crippen MR) is 361 cm³/mol. The Labute approximate surface area is 567 Å². The number of imidazole rings is 1. The van der Waals surface area contributed by atoms with Crippen LogP contribution in [0.4, 0.5) is 0 Å². The number of hydrogen-bond donors (Lipinski definition) is 15. The molecular weight excluding hydrogens is 1270 g/mol. The number of aromatic nitrogens is 3. The van der Waals surface area contributed by atoms with Crippen molar-refractivity contribution in [2.24, 2.45) is 22.2 Å². The van der Waals surface area contributed by atoms with Gasteiger partial charge in [0.05, 0.1) is 39.1 Å². The molecule has 0 spiro atoms. The van der Waals surface area contributed by atoms with Gasteiger partial charge in [-0.3, -0.25) is 77.3 Å². The van der Waals surface area contributed by atoms with E-state index in [1.165, 1.54) is 12.5 Å². The summed E-state index contributed by atoms with van der Waals surface area (Å²) in [6.45, 7) is 0.222. The number of aliphatic imine (C=N–C) groups is 1. The van der Waals surface area contributed by atoms with Crippen LogP contribution in [0.2, 0.25) is 0 Å². The van der Waals surface area contributed by atoms with Gasteiger partial charge in [-0.05, 0) is 67.7 Å². The van der Waals surface area contributed by atoms with Crippen LogP contribution in [-0.4, -0.2) is 249 Å². The lowest BCUT2D eigenvalue weighted by Gasteiger charge is -2.32. The van der Waals surface area contributed by atoms with Crippen LogP contribution in [0.3, 0.4) is 0 Å². The largest absolute Gasteiger partial charge is 0.480 e. The number of primary amides is 1. The maximum Gasteiger partial charge on any atom is 0.317 e. The molecule has 0 bridgehead atoms. The molecule has 18 N–H and O–H groups in total. The molecule has 5 aromatic rings. The predicted octanol–water partition coefficient (Wildman–Crippen LogP) is -2.22. The Morgan fingerprint density at radius 1 is 0.500 bits per heavy atom. The van der Waals surface area contributed by atoms with Crippen LogP contribution in [0.25, 0.3) is 10.9 Å². The number of carboxylic acids is 3. The number of carboxylic acid groups (broad SMARTS) is 3. The molecule has 1 aliphatic rings. The molecule has 1 fully saturated rings. The third-order valence-corrected chi connectivity index (χ3v) is 16.3. The number of nitrogens with one attached hydrogen (secondary N) is 9. The Hall–Kier alpha value is -10.3. The van der Waals surface area contributed by atoms with Crippen LogP contribution in [0, 0.1) is 0 Å². The van der Waals surface area contributed by atoms with Crippen molar-refractivity contribution >= 4 is 82.0 Å². The number of aryl methyl sites for hydroxylation is 1. The van der Waals surface area contributed by atoms with Crippen LogP contribution in [0.15, 0.2) is 109 Å². The Morgan fingerprint density at radius 3 is 1.57 bits per heavy atom. The molecule has 32 nitrogen and oxygen atoms in total. The standard InChI is InChI=1S/C66H92N18O14/c67-61(94)50(20-9-10-23-71-57(87)39-81-25-27-82(40-58(88)89)29-31-84(42-60(92)93)32-30-83(28-26-81)41-59(90)91)76-56(86)38-74-62(95)53(34-46-36-73-49-19-8-7-18-48(46)49)80-63(96)51(21-12-24-72-66(68)69)78-64(97)52(33-45-15-5-2-6-16-45)79-65(98)54(35-47-37-70-43-75-47)77-55(85)22-11-17-44-13-3-1-4-14-44/h1-8,13-16,18-19,36-37,43,50-54,73H,9-12,17,20-35,38-42H2,(H2,67,94)(H,70,75)(H,71,87)(H,74,95)(H,76,86)(H,77,85)(H,78,97)(H,79,98)(H,80,96)(H,88,89)(H,90,91)(H,92,93)(H4,68,69,72)/t50-,51-,52+,53-,54-/m0/s1. The number of carbonyl (C=O) groups is 11. The van der Waals surface area contributed by atoms with E-state index < -0.39 is 96.0 Å². The zero-order chi connectivity index (χ0) is 70.8. The highest BCUT2D eigenvalue weighted by Gasteiger charge is 2.33. The molecule has 6 rings (SSSR count). The number of hydrogen-bond acceptors (Lipinski definition) is 17. The van der Waals surface area contributed by atoms with Gasteiger partial charge in [0.1, 0.15) is 30.2 Å². The topological polar surface area (TPSA) is 481 Å². The molecule has 8 amide bonds. The Balaban J connectivity index is 1.09. The minimum atomic E-state index is -1.39. The lowest BCUT2D eigenvalue weighted by Crippen LogP contribution is -2.59. The lowest BCUT2D eigenvalue weighted by atomic mass is 10.0. The number of para-hydroxylation sites is 1. The second kappa shape index (κ2) is 40.9. The summed E-state index contributed by atoms with van der Waals surface area (Å²) in [6, 6.07) is 19.3. The molecule has 3 aromatic carbocycles. The van der Waals surface area contributed by atoms with Crippen LogP contribution in [-0.2, 0) is 78.4 Å². The first kappa shape index (κ1) is 76.7. The van der Waals surface area contributed by atoms with E-state index in [1.54, 1.807) is 62.2 Å². The van der Waals surface area contributed by atoms with Gasteiger partial charge in [0.25, 0.3) is 0 Å². The minimum absolute atomic E-state index is 0.00381. The molecule has 2 aromatic heterocycles. The van der Waals surface area contributed by atoms with Gasteiger partial charge in [-0.1, -0.05) is 78.9 Å². The van der Waals surface area contributed by atoms with E-state index in [0.717, 1.165) is 16.5 Å². The van der Waals surface area contributed by atoms with Crippen LogP contribution in [0.5, 0.6) is 0 Å². The summed E-state index contributed by atoms with van der Waals surface area (Å²) in [5, 5.41) is 48.5. The number of carbonyl (C=O) groups excluding carboxylic acids is 8. The Morgan fingerprint density at radius 2 is 1.01 bits per heavy atom. The number of aromatic amines is 2. The van der Waals surface area contributed by atoms with E-state index >= 15 is 0 Å². The van der Waals surface area contributed by atoms with Crippen molar-refractivity contribution < 1.29 is 68.1 Å². The van der Waals surface area contributed by atoms with Crippen molar-refractivity contribution in [3.05, 3.63) is 126 Å². The number of aliphatic carboxylic acids is 3. The number of H-pyrrole nitrogens is 2. The van der Waals surface area contributed by atoms with Gasteiger partial charge >= 0.3 is 17.9 Å². The second-order valence-corrected chi connectivity index (χ2v) is 24.0. The number of amides is 8. The molecule has 98 heavy (non-hydrogen) atoms. The quantitative estimate of drug-likeness (QED) is 0.0113. The average Bonchev–Trinajstić information content (AvgIpc) is 1.64. The normalized spacial score (nSPS) is 15.1. The molecule has 0 aliphatic carbocycles. The first-order chi connectivity index (χ1) is 47.1. The van der Waals surface area contributed by atoms with Gasteiger partial charge in [0.2, 0.25) is 47.3 Å². The molecular formula is C66H92N18O14. The summed E-state index contributed by atoms with van der Waals surface area (Å²) >= 11 is 0. The molecule has 0 saturated carbocycles. The van der Waals surface area contributed by atoms with E-state index in [4.69, 9.17) is 17.2 Å². The zero-order valence-electron chi connectivity index (χ0n) is 54.8. The van der Waals surface area contributed by atoms with Gasteiger partial charge in [0.15, 0.2) is 5.96 Å². The van der Waals surface area contributed by atoms with Crippen LogP contribution in [0.1, 0.15) is 67.3 Å². The first-order valence-electron chi connectivity index (χ1n) is 32.6. The summed E-state index contributed by atoms with van der Waals surface area (Å²) in [5.74, 6) is -9.02. The summed E-state index contributed by atoms with van der Waals surface area (Å²) in [6.07, 6.45) is 6.44. The van der Waals surface area contributed by atoms with Gasteiger partial charge in [-0.2, -0.15) is 0 Å². The number of guanidine groups is 1. The van der Waals surface area contributed by atoms with E-state index in [0.29, 0.717) is 42.5 Å². The molecule has 1 aliphatic heterocycles. The maximum absolute atomic E-state index is 14.8. The molecule has 530 valence electrons. The number of fused-ring (bicyclic) bond motifs is 1. The molecule has 0 radical (unpaired) electrons. The molecule has 32 heteroatoms. The maximum atomic E-state index is 14.8. The van der Waals surface area contributed by atoms with Crippen molar-refractivity contribution in [3.8, 4) is 0 Å². The Bertz CT molecular complexity index is 3410. The molecule has 0 unspecified atom stereocenters. The third-order valence-electron chi connectivity index (χ3n) is 16.3. The molecule has 5 atom stereocenters. The Kier molecular flexibility index (Phi) is 32.0. The number of benzene rings is 3.